The summed E-state index contributed by atoms with van der Waals surface area (Å²) in [6.07, 6.45) is -4.64. The third-order valence-corrected chi connectivity index (χ3v) is 3.26. The van der Waals surface area contributed by atoms with Crippen molar-refractivity contribution in [1.82, 2.24) is 0 Å². The minimum atomic E-state index is -4.64. The highest BCUT2D eigenvalue weighted by molar-refractivity contribution is 5.82. The van der Waals surface area contributed by atoms with Crippen LogP contribution in [-0.2, 0) is 6.18 Å². The fraction of sp³-hybridized carbons (Fsp3) is 0.385. The largest absolute Gasteiger partial charge is 0.416 e. The van der Waals surface area contributed by atoms with E-state index in [1.165, 1.54) is 0 Å². The number of nitro benzene ring substituents is 1. The van der Waals surface area contributed by atoms with E-state index in [0.29, 0.717) is 19.2 Å². The highest BCUT2D eigenvalue weighted by Crippen LogP contribution is 2.43. The van der Waals surface area contributed by atoms with E-state index >= 15 is 0 Å². The molecule has 0 unspecified atom stereocenters. The topological polar surface area (TPSA) is 58.4 Å². The molecular formula is C13H14F3N3O2. The quantitative estimate of drug-likeness (QED) is 0.516. The molecule has 0 aliphatic carbocycles. The minimum absolute atomic E-state index is 0.108. The smallest absolute Gasteiger partial charge is 0.379 e. The molecule has 0 saturated heterocycles. The molecule has 5 nitrogen and oxygen atoms in total. The van der Waals surface area contributed by atoms with E-state index in [9.17, 15) is 23.3 Å². The maximum atomic E-state index is 12.9. The average molecular weight is 301 g/mol. The molecule has 1 heterocycles. The molecule has 0 amide bonds. The molecule has 0 aromatic heterocycles. The lowest BCUT2D eigenvalue weighted by Gasteiger charge is -2.23. The first-order chi connectivity index (χ1) is 9.74. The number of nitrogens with zero attached hydrogens (tertiary/aromatic N) is 2. The molecule has 1 aliphatic heterocycles. The van der Waals surface area contributed by atoms with Crippen molar-refractivity contribution < 1.29 is 18.1 Å². The molecule has 114 valence electrons. The molecule has 21 heavy (non-hydrogen) atoms. The molecule has 0 saturated carbocycles. The van der Waals surface area contributed by atoms with Crippen molar-refractivity contribution in [2.75, 3.05) is 29.9 Å². The van der Waals surface area contributed by atoms with Crippen LogP contribution >= 0.6 is 0 Å². The fourth-order valence-electron chi connectivity index (χ4n) is 2.28. The molecule has 0 radical (unpaired) electrons. The van der Waals surface area contributed by atoms with Gasteiger partial charge in [0.25, 0.3) is 5.69 Å². The molecule has 0 atom stereocenters. The molecule has 0 bridgehead atoms. The SMILES string of the molecule is C=C1CNc2cc(C(F)(F)F)cc([N+](=O)[O-])c2N(CC)C1. The van der Waals surface area contributed by atoms with E-state index in [1.54, 1.807) is 11.8 Å². The zero-order valence-corrected chi connectivity index (χ0v) is 11.3. The number of benzene rings is 1. The molecule has 1 aliphatic rings. The zero-order chi connectivity index (χ0) is 15.8. The molecule has 8 heteroatoms. The van der Waals surface area contributed by atoms with Crippen molar-refractivity contribution in [1.29, 1.82) is 0 Å². The van der Waals surface area contributed by atoms with Crippen LogP contribution in [0.4, 0.5) is 30.2 Å². The average Bonchev–Trinajstić information content (AvgIpc) is 2.56. The van der Waals surface area contributed by atoms with Crippen LogP contribution in [0, 0.1) is 10.1 Å². The standard InChI is InChI=1S/C13H14F3N3O2/c1-3-18-7-8(2)6-17-10-4-9(13(14,15)16)5-11(12(10)18)19(20)21/h4-5,17H,2-3,6-7H2,1H3. The minimum Gasteiger partial charge on any atom is -0.379 e. The summed E-state index contributed by atoms with van der Waals surface area (Å²) in [5.41, 5.74) is -0.560. The summed E-state index contributed by atoms with van der Waals surface area (Å²) in [6.45, 7) is 6.66. The summed E-state index contributed by atoms with van der Waals surface area (Å²) in [5, 5.41) is 14.0. The number of nitrogens with one attached hydrogen (secondary N) is 1. The Morgan fingerprint density at radius 2 is 2.14 bits per heavy atom. The maximum Gasteiger partial charge on any atom is 0.416 e. The van der Waals surface area contributed by atoms with Crippen LogP contribution in [0.3, 0.4) is 0 Å². The predicted octanol–water partition coefficient (Wildman–Crippen LogP) is 3.42. The Morgan fingerprint density at radius 1 is 1.48 bits per heavy atom. The van der Waals surface area contributed by atoms with Crippen LogP contribution in [-0.4, -0.2) is 24.6 Å². The molecule has 1 aromatic carbocycles. The van der Waals surface area contributed by atoms with Crippen molar-refractivity contribution in [2.24, 2.45) is 0 Å². The third kappa shape index (κ3) is 2.93. The monoisotopic (exact) mass is 301 g/mol. The van der Waals surface area contributed by atoms with Gasteiger partial charge in [0.2, 0.25) is 0 Å². The predicted molar refractivity (Wildman–Crippen MR) is 73.6 cm³/mol. The lowest BCUT2D eigenvalue weighted by Crippen LogP contribution is -2.25. The number of nitro groups is 1. The van der Waals surface area contributed by atoms with E-state index < -0.39 is 22.4 Å². The number of hydrogen-bond acceptors (Lipinski definition) is 4. The van der Waals surface area contributed by atoms with Gasteiger partial charge in [-0.3, -0.25) is 10.1 Å². The molecule has 2 rings (SSSR count). The number of anilines is 2. The van der Waals surface area contributed by atoms with Crippen LogP contribution in [0.25, 0.3) is 0 Å². The first kappa shape index (κ1) is 15.1. The number of rotatable bonds is 2. The van der Waals surface area contributed by atoms with Gasteiger partial charge in [0.1, 0.15) is 5.69 Å². The summed E-state index contributed by atoms with van der Waals surface area (Å²) in [5.74, 6) is 0. The van der Waals surface area contributed by atoms with Gasteiger partial charge in [-0.2, -0.15) is 13.2 Å². The lowest BCUT2D eigenvalue weighted by atomic mass is 10.1. The van der Waals surface area contributed by atoms with E-state index in [1.807, 2.05) is 0 Å². The Hall–Kier alpha value is -2.25. The Bertz CT molecular complexity index is 599. The first-order valence-corrected chi connectivity index (χ1v) is 6.29. The van der Waals surface area contributed by atoms with Crippen LogP contribution in [0.2, 0.25) is 0 Å². The first-order valence-electron chi connectivity index (χ1n) is 6.29. The van der Waals surface area contributed by atoms with Gasteiger partial charge in [0.15, 0.2) is 0 Å². The Morgan fingerprint density at radius 3 is 2.67 bits per heavy atom. The second kappa shape index (κ2) is 5.27. The van der Waals surface area contributed by atoms with Crippen LogP contribution in [0.1, 0.15) is 12.5 Å². The molecule has 1 N–H and O–H groups in total. The van der Waals surface area contributed by atoms with Crippen molar-refractivity contribution >= 4 is 17.1 Å². The second-order valence-corrected chi connectivity index (χ2v) is 4.76. The summed E-state index contributed by atoms with van der Waals surface area (Å²) in [7, 11) is 0. The summed E-state index contributed by atoms with van der Waals surface area (Å²) in [6, 6.07) is 1.49. The van der Waals surface area contributed by atoms with E-state index in [-0.39, 0.29) is 17.9 Å². The lowest BCUT2D eigenvalue weighted by molar-refractivity contribution is -0.384. The summed E-state index contributed by atoms with van der Waals surface area (Å²) in [4.78, 5) is 12.0. The van der Waals surface area contributed by atoms with Crippen LogP contribution < -0.4 is 10.2 Å². The Labute approximate surface area is 119 Å². The van der Waals surface area contributed by atoms with E-state index in [4.69, 9.17) is 0 Å². The number of halogens is 3. The van der Waals surface area contributed by atoms with Gasteiger partial charge in [-0.25, -0.2) is 0 Å². The zero-order valence-electron chi connectivity index (χ0n) is 11.3. The molecular weight excluding hydrogens is 287 g/mol. The Balaban J connectivity index is 2.69. The van der Waals surface area contributed by atoms with Gasteiger partial charge in [0, 0.05) is 25.7 Å². The maximum absolute atomic E-state index is 12.9. The highest BCUT2D eigenvalue weighted by atomic mass is 19.4. The van der Waals surface area contributed by atoms with Crippen LogP contribution in [0.5, 0.6) is 0 Å². The third-order valence-electron chi connectivity index (χ3n) is 3.26. The molecule has 0 fully saturated rings. The van der Waals surface area contributed by atoms with Crippen molar-refractivity contribution in [2.45, 2.75) is 13.1 Å². The van der Waals surface area contributed by atoms with Crippen molar-refractivity contribution in [3.63, 3.8) is 0 Å². The van der Waals surface area contributed by atoms with Crippen molar-refractivity contribution in [3.8, 4) is 0 Å². The second-order valence-electron chi connectivity index (χ2n) is 4.76. The van der Waals surface area contributed by atoms with E-state index in [2.05, 4.69) is 11.9 Å². The molecule has 0 spiro atoms. The van der Waals surface area contributed by atoms with Gasteiger partial charge < -0.3 is 10.2 Å². The highest BCUT2D eigenvalue weighted by Gasteiger charge is 2.36. The Kier molecular flexibility index (Phi) is 3.80. The summed E-state index contributed by atoms with van der Waals surface area (Å²) < 4.78 is 38.6. The fourth-order valence-corrected chi connectivity index (χ4v) is 2.28. The summed E-state index contributed by atoms with van der Waals surface area (Å²) >= 11 is 0. The number of alkyl halides is 3. The van der Waals surface area contributed by atoms with Gasteiger partial charge >= 0.3 is 6.18 Å². The van der Waals surface area contributed by atoms with Gasteiger partial charge in [-0.15, -0.1) is 0 Å². The molecule has 1 aromatic rings. The van der Waals surface area contributed by atoms with E-state index in [0.717, 1.165) is 11.6 Å². The van der Waals surface area contributed by atoms with Gasteiger partial charge in [0.05, 0.1) is 16.2 Å². The number of hydrogen-bond donors (Lipinski definition) is 1. The van der Waals surface area contributed by atoms with Gasteiger partial charge in [-0.05, 0) is 18.6 Å². The van der Waals surface area contributed by atoms with Crippen LogP contribution in [0.15, 0.2) is 24.3 Å². The van der Waals surface area contributed by atoms with Crippen molar-refractivity contribution in [3.05, 3.63) is 40.0 Å². The van der Waals surface area contributed by atoms with Gasteiger partial charge in [-0.1, -0.05) is 6.58 Å². The number of fused-ring (bicyclic) bond motifs is 1. The number of likely N-dealkylation sites (N-methyl/N-ethyl adjacent to an activating group) is 1. The normalized spacial score (nSPS) is 15.2.